The third-order valence-corrected chi connectivity index (χ3v) is 8.20. The Balaban J connectivity index is 1.28. The second-order valence-electron chi connectivity index (χ2n) is 10.7. The fourth-order valence-corrected chi connectivity index (χ4v) is 5.96. The van der Waals surface area contributed by atoms with Gasteiger partial charge in [0.1, 0.15) is 29.0 Å². The van der Waals surface area contributed by atoms with Gasteiger partial charge in [-0.2, -0.15) is 13.2 Å². The molecule has 44 heavy (non-hydrogen) atoms. The predicted molar refractivity (Wildman–Crippen MR) is 153 cm³/mol. The largest absolute Gasteiger partial charge is 0.497 e. The Labute approximate surface area is 255 Å². The van der Waals surface area contributed by atoms with Crippen LogP contribution in [-0.4, -0.2) is 71.7 Å². The molecular formula is C31H29ClF4N4O4. The summed E-state index contributed by atoms with van der Waals surface area (Å²) in [6.07, 6.45) is -3.05. The first-order valence-electron chi connectivity index (χ1n) is 14.0. The van der Waals surface area contributed by atoms with Crippen LogP contribution in [0.3, 0.4) is 0 Å². The van der Waals surface area contributed by atoms with E-state index in [9.17, 15) is 18.0 Å². The van der Waals surface area contributed by atoms with E-state index in [1.807, 2.05) is 6.07 Å². The zero-order valence-electron chi connectivity index (χ0n) is 23.7. The van der Waals surface area contributed by atoms with Gasteiger partial charge in [-0.1, -0.05) is 17.7 Å². The van der Waals surface area contributed by atoms with Crippen molar-refractivity contribution >= 4 is 23.2 Å². The number of nitrogens with zero attached hydrogens (tertiary/aromatic N) is 4. The Morgan fingerprint density at radius 3 is 2.59 bits per heavy atom. The minimum Gasteiger partial charge on any atom is -0.497 e. The maximum atomic E-state index is 15.5. The summed E-state index contributed by atoms with van der Waals surface area (Å²) < 4.78 is 73.7. The van der Waals surface area contributed by atoms with Crippen molar-refractivity contribution in [1.82, 2.24) is 19.2 Å². The quantitative estimate of drug-likeness (QED) is 0.249. The summed E-state index contributed by atoms with van der Waals surface area (Å²) in [6.45, 7) is 3.48. The highest BCUT2D eigenvalue weighted by atomic mass is 35.5. The van der Waals surface area contributed by atoms with Crippen LogP contribution in [0.4, 0.5) is 17.6 Å². The van der Waals surface area contributed by atoms with E-state index >= 15 is 4.39 Å². The van der Waals surface area contributed by atoms with E-state index in [4.69, 9.17) is 25.8 Å². The number of benzene rings is 2. The molecule has 6 rings (SSSR count). The second-order valence-corrected chi connectivity index (χ2v) is 11.1. The number of morpholine rings is 1. The number of imidazole rings is 1. The number of halogens is 5. The molecule has 2 aliphatic heterocycles. The standard InChI is InChI=1S/C31H29ClF4N4O4/c1-42-21-3-4-22(24(33)16-21)29-30-25(37-27-15-20(31(34,35)36)6-8-39(27)30)7-9-40(29)28(41)18-44-26-5-2-19(14-23(26)32)17-38-10-12-43-13-11-38/h2-6,8,14-16,29H,7,9-13,17-18H2,1H3. The summed E-state index contributed by atoms with van der Waals surface area (Å²) in [7, 11) is 1.41. The molecule has 0 saturated carbocycles. The van der Waals surface area contributed by atoms with Crippen LogP contribution in [-0.2, 0) is 28.7 Å². The molecule has 2 aromatic carbocycles. The molecule has 4 aromatic rings. The van der Waals surface area contributed by atoms with Crippen LogP contribution < -0.4 is 9.47 Å². The minimum atomic E-state index is -4.56. The normalized spacial score (nSPS) is 17.5. The molecule has 1 saturated heterocycles. The van der Waals surface area contributed by atoms with Gasteiger partial charge < -0.3 is 23.5 Å². The molecule has 232 valence electrons. The van der Waals surface area contributed by atoms with Gasteiger partial charge in [-0.05, 0) is 42.0 Å². The Bertz CT molecular complexity index is 1690. The van der Waals surface area contributed by atoms with Gasteiger partial charge >= 0.3 is 6.18 Å². The van der Waals surface area contributed by atoms with Crippen molar-refractivity contribution < 1.29 is 36.6 Å². The summed E-state index contributed by atoms with van der Waals surface area (Å²) >= 11 is 6.51. The van der Waals surface area contributed by atoms with Crippen LogP contribution in [0, 0.1) is 5.82 Å². The Kier molecular flexibility index (Phi) is 8.40. The molecule has 0 bridgehead atoms. The smallest absolute Gasteiger partial charge is 0.416 e. The van der Waals surface area contributed by atoms with E-state index in [0.717, 1.165) is 30.8 Å². The number of fused-ring (bicyclic) bond motifs is 3. The van der Waals surface area contributed by atoms with Crippen molar-refractivity contribution in [3.8, 4) is 11.5 Å². The van der Waals surface area contributed by atoms with Crippen LogP contribution in [0.25, 0.3) is 5.65 Å². The minimum absolute atomic E-state index is 0.0539. The molecule has 0 spiro atoms. The lowest BCUT2D eigenvalue weighted by Gasteiger charge is -2.36. The van der Waals surface area contributed by atoms with Crippen molar-refractivity contribution in [1.29, 1.82) is 0 Å². The van der Waals surface area contributed by atoms with Crippen LogP contribution >= 0.6 is 11.6 Å². The lowest BCUT2D eigenvalue weighted by Crippen LogP contribution is -2.43. The zero-order valence-corrected chi connectivity index (χ0v) is 24.5. The number of hydrogen-bond acceptors (Lipinski definition) is 6. The monoisotopic (exact) mass is 632 g/mol. The molecule has 13 heteroatoms. The first-order valence-corrected chi connectivity index (χ1v) is 14.4. The van der Waals surface area contributed by atoms with E-state index in [-0.39, 0.29) is 36.5 Å². The van der Waals surface area contributed by atoms with Crippen molar-refractivity contribution in [2.45, 2.75) is 25.2 Å². The van der Waals surface area contributed by atoms with E-state index in [1.165, 1.54) is 34.7 Å². The van der Waals surface area contributed by atoms with Crippen LogP contribution in [0.1, 0.15) is 34.1 Å². The highest BCUT2D eigenvalue weighted by Crippen LogP contribution is 2.39. The number of methoxy groups -OCH3 is 1. The van der Waals surface area contributed by atoms with E-state index < -0.39 is 29.5 Å². The van der Waals surface area contributed by atoms with Crippen molar-refractivity contribution in [2.75, 3.05) is 46.6 Å². The fourth-order valence-electron chi connectivity index (χ4n) is 5.71. The molecule has 2 aliphatic rings. The van der Waals surface area contributed by atoms with E-state index in [0.29, 0.717) is 41.9 Å². The van der Waals surface area contributed by atoms with Gasteiger partial charge in [0.15, 0.2) is 6.61 Å². The molecular weight excluding hydrogens is 604 g/mol. The molecule has 1 unspecified atom stereocenters. The van der Waals surface area contributed by atoms with Gasteiger partial charge in [0.05, 0.1) is 42.3 Å². The van der Waals surface area contributed by atoms with Gasteiger partial charge in [-0.25, -0.2) is 9.37 Å². The highest BCUT2D eigenvalue weighted by Gasteiger charge is 2.38. The molecule has 1 amide bonds. The Hall–Kier alpha value is -3.87. The van der Waals surface area contributed by atoms with Gasteiger partial charge in [0.2, 0.25) is 0 Å². The summed E-state index contributed by atoms with van der Waals surface area (Å²) in [5.74, 6) is -0.485. The number of pyridine rings is 1. The maximum absolute atomic E-state index is 15.5. The van der Waals surface area contributed by atoms with Gasteiger partial charge in [-0.3, -0.25) is 9.69 Å². The first kappa shape index (κ1) is 30.2. The molecule has 2 aromatic heterocycles. The van der Waals surface area contributed by atoms with Crippen LogP contribution in [0.2, 0.25) is 5.02 Å². The molecule has 4 heterocycles. The van der Waals surface area contributed by atoms with Crippen molar-refractivity contribution in [2.24, 2.45) is 0 Å². The van der Waals surface area contributed by atoms with Crippen molar-refractivity contribution in [3.05, 3.63) is 93.6 Å². The van der Waals surface area contributed by atoms with Crippen molar-refractivity contribution in [3.63, 3.8) is 0 Å². The maximum Gasteiger partial charge on any atom is 0.416 e. The number of ether oxygens (including phenoxy) is 3. The third-order valence-electron chi connectivity index (χ3n) is 7.91. The molecule has 0 N–H and O–H groups in total. The zero-order chi connectivity index (χ0) is 31.0. The van der Waals surface area contributed by atoms with Crippen LogP contribution in [0.5, 0.6) is 11.5 Å². The summed E-state index contributed by atoms with van der Waals surface area (Å²) in [4.78, 5) is 21.8. The van der Waals surface area contributed by atoms with Gasteiger partial charge in [-0.15, -0.1) is 0 Å². The molecule has 8 nitrogen and oxygen atoms in total. The predicted octanol–water partition coefficient (Wildman–Crippen LogP) is 5.54. The number of rotatable bonds is 7. The Morgan fingerprint density at radius 1 is 1.09 bits per heavy atom. The SMILES string of the molecule is COc1ccc(C2c3c(nc4cc(C(F)(F)F)ccn34)CCN2C(=O)COc2ccc(CN3CCOCC3)cc2Cl)c(F)c1. The number of aromatic nitrogens is 2. The van der Waals surface area contributed by atoms with E-state index in [2.05, 4.69) is 9.88 Å². The molecule has 0 aliphatic carbocycles. The number of hydrogen-bond donors (Lipinski definition) is 0. The average Bonchev–Trinajstić information content (AvgIpc) is 3.38. The van der Waals surface area contributed by atoms with Gasteiger partial charge in [0, 0.05) is 50.4 Å². The van der Waals surface area contributed by atoms with Crippen LogP contribution in [0.15, 0.2) is 54.7 Å². The third kappa shape index (κ3) is 6.06. The number of carbonyl (C=O) groups excluding carboxylic acids is 1. The average molecular weight is 633 g/mol. The van der Waals surface area contributed by atoms with E-state index in [1.54, 1.807) is 18.2 Å². The summed E-state index contributed by atoms with van der Waals surface area (Å²) in [5, 5.41) is 0.351. The molecule has 1 fully saturated rings. The van der Waals surface area contributed by atoms with Gasteiger partial charge in [0.25, 0.3) is 5.91 Å². The number of amides is 1. The topological polar surface area (TPSA) is 68.5 Å². The lowest BCUT2D eigenvalue weighted by molar-refractivity contribution is -0.137. The summed E-state index contributed by atoms with van der Waals surface area (Å²) in [6, 6.07) is 10.6. The fraction of sp³-hybridized carbons (Fsp3) is 0.355. The highest BCUT2D eigenvalue weighted by molar-refractivity contribution is 6.32. The molecule has 1 atom stereocenters. The lowest BCUT2D eigenvalue weighted by atomic mass is 9.94. The molecule has 0 radical (unpaired) electrons. The number of alkyl halides is 3. The number of carbonyl (C=O) groups is 1. The summed E-state index contributed by atoms with van der Waals surface area (Å²) in [5.41, 5.74) is 1.23. The first-order chi connectivity index (χ1) is 21.1. The second kappa shape index (κ2) is 12.3. The Morgan fingerprint density at radius 2 is 1.89 bits per heavy atom.